The highest BCUT2D eigenvalue weighted by atomic mass is 32.1. The third-order valence-corrected chi connectivity index (χ3v) is 3.08. The molecule has 0 atom stereocenters. The molecule has 1 rings (SSSR count). The van der Waals surface area contributed by atoms with E-state index in [4.69, 9.17) is 4.74 Å². The highest BCUT2D eigenvalue weighted by Gasteiger charge is 2.18. The van der Waals surface area contributed by atoms with E-state index >= 15 is 0 Å². The predicted octanol–water partition coefficient (Wildman–Crippen LogP) is 2.92. The number of esters is 1. The van der Waals surface area contributed by atoms with Crippen molar-refractivity contribution in [3.05, 3.63) is 11.1 Å². The first-order valence-electron chi connectivity index (χ1n) is 5.39. The van der Waals surface area contributed by atoms with Crippen LogP contribution in [-0.4, -0.2) is 23.1 Å². The van der Waals surface area contributed by atoms with Crippen molar-refractivity contribution in [3.8, 4) is 0 Å². The van der Waals surface area contributed by atoms with Crippen molar-refractivity contribution in [1.82, 2.24) is 4.98 Å². The van der Waals surface area contributed by atoms with E-state index in [2.05, 4.69) is 31.1 Å². The molecule has 5 heteroatoms. The van der Waals surface area contributed by atoms with Crippen LogP contribution in [0.5, 0.6) is 0 Å². The van der Waals surface area contributed by atoms with Crippen LogP contribution in [0.4, 0.5) is 5.13 Å². The number of hydrogen-bond donors (Lipinski definition) is 1. The second kappa shape index (κ2) is 5.30. The third-order valence-electron chi connectivity index (χ3n) is 2.32. The summed E-state index contributed by atoms with van der Waals surface area (Å²) in [5, 5.41) is 5.76. The summed E-state index contributed by atoms with van der Waals surface area (Å²) in [4.78, 5) is 15.6. The van der Waals surface area contributed by atoms with Crippen molar-refractivity contribution in [1.29, 1.82) is 0 Å². The van der Waals surface area contributed by atoms with Gasteiger partial charge >= 0.3 is 5.97 Å². The summed E-state index contributed by atoms with van der Waals surface area (Å²) in [6.07, 6.45) is 0.987. The predicted molar refractivity (Wildman–Crippen MR) is 66.1 cm³/mol. The number of thiazole rings is 1. The number of ether oxygens (including phenoxy) is 1. The minimum atomic E-state index is -0.360. The van der Waals surface area contributed by atoms with E-state index in [1.54, 1.807) is 12.3 Å². The average molecular weight is 242 g/mol. The fraction of sp³-hybridized carbons (Fsp3) is 0.636. The largest absolute Gasteiger partial charge is 0.461 e. The molecule has 1 aromatic rings. The van der Waals surface area contributed by atoms with Gasteiger partial charge in [0.2, 0.25) is 0 Å². The molecule has 1 heterocycles. The lowest BCUT2D eigenvalue weighted by molar-refractivity contribution is 0.0520. The smallest absolute Gasteiger partial charge is 0.357 e. The lowest BCUT2D eigenvalue weighted by atomic mass is 10.0. The third kappa shape index (κ3) is 3.48. The molecule has 0 aliphatic carbocycles. The summed E-state index contributed by atoms with van der Waals surface area (Å²) in [5.74, 6) is -0.360. The van der Waals surface area contributed by atoms with Crippen LogP contribution in [0.1, 0.15) is 44.6 Å². The van der Waals surface area contributed by atoms with Gasteiger partial charge in [-0.25, -0.2) is 9.78 Å². The molecule has 1 N–H and O–H groups in total. The number of anilines is 1. The Labute approximate surface area is 100 Å². The minimum Gasteiger partial charge on any atom is -0.461 e. The zero-order valence-electron chi connectivity index (χ0n) is 10.2. The number of aromatic nitrogens is 1. The van der Waals surface area contributed by atoms with E-state index in [1.807, 2.05) is 0 Å². The maximum Gasteiger partial charge on any atom is 0.357 e. The number of hydrogen-bond acceptors (Lipinski definition) is 5. The fourth-order valence-electron chi connectivity index (χ4n) is 1.01. The fourth-order valence-corrected chi connectivity index (χ4v) is 1.87. The standard InChI is InChI=1S/C11H18N2O2S/c1-5-11(3,4)13-10-12-8(7-16-10)9(14)15-6-2/h7H,5-6H2,1-4H3,(H,12,13). The molecule has 0 aromatic carbocycles. The molecule has 16 heavy (non-hydrogen) atoms. The van der Waals surface area contributed by atoms with E-state index in [0.29, 0.717) is 12.3 Å². The maximum absolute atomic E-state index is 11.4. The van der Waals surface area contributed by atoms with Crippen molar-refractivity contribution in [2.45, 2.75) is 39.7 Å². The SMILES string of the molecule is CCOC(=O)c1csc(NC(C)(C)CC)n1. The molecule has 90 valence electrons. The van der Waals surface area contributed by atoms with Crippen LogP contribution in [0.2, 0.25) is 0 Å². The van der Waals surface area contributed by atoms with Crippen molar-refractivity contribution in [2.24, 2.45) is 0 Å². The highest BCUT2D eigenvalue weighted by Crippen LogP contribution is 2.22. The molecule has 0 spiro atoms. The van der Waals surface area contributed by atoms with Gasteiger partial charge in [0.1, 0.15) is 0 Å². The normalized spacial score (nSPS) is 11.2. The van der Waals surface area contributed by atoms with Gasteiger partial charge in [-0.15, -0.1) is 11.3 Å². The second-order valence-electron chi connectivity index (χ2n) is 4.12. The Morgan fingerprint density at radius 3 is 2.81 bits per heavy atom. The van der Waals surface area contributed by atoms with Gasteiger partial charge in [0.15, 0.2) is 10.8 Å². The molecule has 0 aliphatic rings. The zero-order chi connectivity index (χ0) is 12.2. The van der Waals surface area contributed by atoms with Gasteiger partial charge in [0.05, 0.1) is 6.61 Å². The van der Waals surface area contributed by atoms with Crippen LogP contribution in [0.3, 0.4) is 0 Å². The summed E-state index contributed by atoms with van der Waals surface area (Å²) < 4.78 is 4.88. The molecule has 0 aliphatic heterocycles. The van der Waals surface area contributed by atoms with Gasteiger partial charge in [0, 0.05) is 10.9 Å². The molecule has 0 fully saturated rings. The number of rotatable bonds is 5. The molecule has 0 radical (unpaired) electrons. The van der Waals surface area contributed by atoms with Gasteiger partial charge < -0.3 is 10.1 Å². The first-order chi connectivity index (χ1) is 7.48. The Morgan fingerprint density at radius 1 is 1.56 bits per heavy atom. The van der Waals surface area contributed by atoms with Gasteiger partial charge in [-0.05, 0) is 27.2 Å². The summed E-state index contributed by atoms with van der Waals surface area (Å²) in [7, 11) is 0. The van der Waals surface area contributed by atoms with E-state index in [0.717, 1.165) is 11.6 Å². The lowest BCUT2D eigenvalue weighted by Crippen LogP contribution is -2.29. The van der Waals surface area contributed by atoms with Crippen molar-refractivity contribution in [3.63, 3.8) is 0 Å². The Balaban J connectivity index is 2.68. The number of carbonyl (C=O) groups is 1. The summed E-state index contributed by atoms with van der Waals surface area (Å²) in [6, 6.07) is 0. The summed E-state index contributed by atoms with van der Waals surface area (Å²) in [5.41, 5.74) is 0.366. The molecular formula is C11H18N2O2S. The number of carbonyl (C=O) groups excluding carboxylic acids is 1. The quantitative estimate of drug-likeness (QED) is 0.807. The van der Waals surface area contributed by atoms with Crippen LogP contribution in [0, 0.1) is 0 Å². The van der Waals surface area contributed by atoms with Crippen LogP contribution in [-0.2, 0) is 4.74 Å². The van der Waals surface area contributed by atoms with Crippen LogP contribution in [0.15, 0.2) is 5.38 Å². The van der Waals surface area contributed by atoms with Crippen molar-refractivity contribution >= 4 is 22.4 Å². The van der Waals surface area contributed by atoms with Crippen LogP contribution in [0.25, 0.3) is 0 Å². The zero-order valence-corrected chi connectivity index (χ0v) is 11.0. The number of nitrogens with one attached hydrogen (secondary N) is 1. The van der Waals surface area contributed by atoms with Crippen molar-refractivity contribution < 1.29 is 9.53 Å². The van der Waals surface area contributed by atoms with Gasteiger partial charge in [0.25, 0.3) is 0 Å². The Morgan fingerprint density at radius 2 is 2.25 bits per heavy atom. The maximum atomic E-state index is 11.4. The first-order valence-corrected chi connectivity index (χ1v) is 6.27. The molecule has 4 nitrogen and oxygen atoms in total. The van der Waals surface area contributed by atoms with Gasteiger partial charge in [-0.3, -0.25) is 0 Å². The summed E-state index contributed by atoms with van der Waals surface area (Å²) >= 11 is 1.42. The lowest BCUT2D eigenvalue weighted by Gasteiger charge is -2.23. The van der Waals surface area contributed by atoms with Crippen LogP contribution >= 0.6 is 11.3 Å². The minimum absolute atomic E-state index is 0.0101. The Bertz CT molecular complexity index is 361. The molecule has 1 aromatic heterocycles. The van der Waals surface area contributed by atoms with Gasteiger partial charge in [-0.2, -0.15) is 0 Å². The Kier molecular flexibility index (Phi) is 4.29. The van der Waals surface area contributed by atoms with E-state index in [-0.39, 0.29) is 11.5 Å². The van der Waals surface area contributed by atoms with Crippen LogP contribution < -0.4 is 5.32 Å². The first kappa shape index (κ1) is 13.0. The highest BCUT2D eigenvalue weighted by molar-refractivity contribution is 7.13. The molecule has 0 saturated carbocycles. The monoisotopic (exact) mass is 242 g/mol. The second-order valence-corrected chi connectivity index (χ2v) is 4.98. The topological polar surface area (TPSA) is 51.2 Å². The van der Waals surface area contributed by atoms with E-state index in [1.165, 1.54) is 11.3 Å². The van der Waals surface area contributed by atoms with Crippen molar-refractivity contribution in [2.75, 3.05) is 11.9 Å². The molecular weight excluding hydrogens is 224 g/mol. The Hall–Kier alpha value is -1.10. The molecule has 0 amide bonds. The van der Waals surface area contributed by atoms with E-state index in [9.17, 15) is 4.79 Å². The van der Waals surface area contributed by atoms with E-state index < -0.39 is 0 Å². The molecule has 0 saturated heterocycles. The number of nitrogens with zero attached hydrogens (tertiary/aromatic N) is 1. The van der Waals surface area contributed by atoms with Gasteiger partial charge in [-0.1, -0.05) is 6.92 Å². The molecule has 0 bridgehead atoms. The molecule has 0 unspecified atom stereocenters. The summed E-state index contributed by atoms with van der Waals surface area (Å²) in [6.45, 7) is 8.45. The average Bonchev–Trinajstić information content (AvgIpc) is 2.66.